The van der Waals surface area contributed by atoms with Gasteiger partial charge in [0.25, 0.3) is 0 Å². The standard InChI is InChI=1S/C10H13ClN4O/c1-6-7(11)3-2-4-8(6)13-10(16)9-5-12-15-14-9/h2-4,9,12,14-15H,5H2,1H3,(H,13,16). The minimum Gasteiger partial charge on any atom is -0.324 e. The van der Waals surface area contributed by atoms with Crippen molar-refractivity contribution in [2.75, 3.05) is 11.9 Å². The van der Waals surface area contributed by atoms with Gasteiger partial charge < -0.3 is 5.32 Å². The van der Waals surface area contributed by atoms with Crippen molar-refractivity contribution in [3.05, 3.63) is 28.8 Å². The number of anilines is 1. The van der Waals surface area contributed by atoms with Crippen LogP contribution in [0, 0.1) is 6.92 Å². The molecule has 86 valence electrons. The Balaban J connectivity index is 2.08. The van der Waals surface area contributed by atoms with E-state index in [0.717, 1.165) is 11.3 Å². The molecule has 1 atom stereocenters. The monoisotopic (exact) mass is 240 g/mol. The van der Waals surface area contributed by atoms with Gasteiger partial charge in [0.15, 0.2) is 0 Å². The first-order valence-electron chi connectivity index (χ1n) is 4.98. The first kappa shape index (κ1) is 11.3. The molecule has 1 unspecified atom stereocenters. The van der Waals surface area contributed by atoms with Crippen LogP contribution in [-0.2, 0) is 4.79 Å². The topological polar surface area (TPSA) is 65.2 Å². The predicted molar refractivity (Wildman–Crippen MR) is 62.9 cm³/mol. The van der Waals surface area contributed by atoms with Crippen LogP contribution in [0.1, 0.15) is 5.56 Å². The van der Waals surface area contributed by atoms with E-state index >= 15 is 0 Å². The van der Waals surface area contributed by atoms with Gasteiger partial charge in [0.1, 0.15) is 6.04 Å². The number of benzene rings is 1. The van der Waals surface area contributed by atoms with E-state index in [1.165, 1.54) is 0 Å². The summed E-state index contributed by atoms with van der Waals surface area (Å²) in [5.41, 5.74) is 9.91. The van der Waals surface area contributed by atoms with Crippen LogP contribution in [0.25, 0.3) is 0 Å². The maximum atomic E-state index is 11.8. The van der Waals surface area contributed by atoms with Gasteiger partial charge in [-0.1, -0.05) is 17.7 Å². The second kappa shape index (κ2) is 4.80. The second-order valence-corrected chi connectivity index (χ2v) is 4.01. The number of amides is 1. The fourth-order valence-electron chi connectivity index (χ4n) is 1.46. The molecule has 0 saturated carbocycles. The molecule has 16 heavy (non-hydrogen) atoms. The highest BCUT2D eigenvalue weighted by molar-refractivity contribution is 6.31. The summed E-state index contributed by atoms with van der Waals surface area (Å²) in [5, 5.41) is 3.47. The van der Waals surface area contributed by atoms with Crippen LogP contribution >= 0.6 is 11.6 Å². The Hall–Kier alpha value is -1.14. The number of halogens is 1. The van der Waals surface area contributed by atoms with Crippen LogP contribution in [-0.4, -0.2) is 18.5 Å². The number of hydrogen-bond acceptors (Lipinski definition) is 4. The van der Waals surface area contributed by atoms with Crippen LogP contribution in [0.15, 0.2) is 18.2 Å². The zero-order valence-electron chi connectivity index (χ0n) is 8.80. The summed E-state index contributed by atoms with van der Waals surface area (Å²) in [7, 11) is 0. The Morgan fingerprint density at radius 2 is 2.38 bits per heavy atom. The van der Waals surface area contributed by atoms with Crippen molar-refractivity contribution in [3.63, 3.8) is 0 Å². The van der Waals surface area contributed by atoms with Gasteiger partial charge in [0.05, 0.1) is 0 Å². The molecular formula is C10H13ClN4O. The number of hydrogen-bond donors (Lipinski definition) is 4. The zero-order valence-corrected chi connectivity index (χ0v) is 9.56. The van der Waals surface area contributed by atoms with Crippen molar-refractivity contribution >= 4 is 23.2 Å². The van der Waals surface area contributed by atoms with E-state index in [4.69, 9.17) is 11.6 Å². The summed E-state index contributed by atoms with van der Waals surface area (Å²) in [6.07, 6.45) is 0. The number of rotatable bonds is 2. The highest BCUT2D eigenvalue weighted by atomic mass is 35.5. The Kier molecular flexibility index (Phi) is 3.40. The van der Waals surface area contributed by atoms with Gasteiger partial charge in [-0.25, -0.2) is 10.9 Å². The lowest BCUT2D eigenvalue weighted by molar-refractivity contribution is -0.117. The highest BCUT2D eigenvalue weighted by Gasteiger charge is 2.22. The SMILES string of the molecule is Cc1c(Cl)cccc1NC(=O)C1CNNN1. The Morgan fingerprint density at radius 3 is 3.06 bits per heavy atom. The van der Waals surface area contributed by atoms with Crippen molar-refractivity contribution in [2.45, 2.75) is 13.0 Å². The third-order valence-electron chi connectivity index (χ3n) is 2.48. The van der Waals surface area contributed by atoms with Gasteiger partial charge in [-0.2, -0.15) is 5.53 Å². The Labute approximate surface area is 98.5 Å². The lowest BCUT2D eigenvalue weighted by Crippen LogP contribution is -2.41. The molecule has 0 aliphatic carbocycles. The van der Waals surface area contributed by atoms with Gasteiger partial charge in [-0.3, -0.25) is 4.79 Å². The van der Waals surface area contributed by atoms with E-state index < -0.39 is 0 Å². The Morgan fingerprint density at radius 1 is 1.56 bits per heavy atom. The van der Waals surface area contributed by atoms with Gasteiger partial charge >= 0.3 is 0 Å². The lowest BCUT2D eigenvalue weighted by atomic mass is 10.2. The summed E-state index contributed by atoms with van der Waals surface area (Å²) in [4.78, 5) is 11.8. The van der Waals surface area contributed by atoms with Crippen LogP contribution < -0.4 is 21.7 Å². The van der Waals surface area contributed by atoms with Crippen molar-refractivity contribution in [3.8, 4) is 0 Å². The summed E-state index contributed by atoms with van der Waals surface area (Å²) in [6, 6.07) is 5.15. The van der Waals surface area contributed by atoms with Crippen molar-refractivity contribution in [1.29, 1.82) is 0 Å². The molecule has 6 heteroatoms. The minimum atomic E-state index is -0.279. The first-order chi connectivity index (χ1) is 7.68. The summed E-state index contributed by atoms with van der Waals surface area (Å²) < 4.78 is 0. The van der Waals surface area contributed by atoms with Gasteiger partial charge in [0, 0.05) is 17.3 Å². The van der Waals surface area contributed by atoms with E-state index in [2.05, 4.69) is 21.7 Å². The second-order valence-electron chi connectivity index (χ2n) is 3.60. The maximum Gasteiger partial charge on any atom is 0.244 e. The van der Waals surface area contributed by atoms with E-state index in [1.54, 1.807) is 6.07 Å². The van der Waals surface area contributed by atoms with Crippen LogP contribution in [0.5, 0.6) is 0 Å². The smallest absolute Gasteiger partial charge is 0.244 e. The maximum absolute atomic E-state index is 11.8. The summed E-state index contributed by atoms with van der Waals surface area (Å²) >= 11 is 5.97. The number of nitrogens with one attached hydrogen (secondary N) is 4. The molecule has 1 aliphatic rings. The average molecular weight is 241 g/mol. The molecule has 5 nitrogen and oxygen atoms in total. The minimum absolute atomic E-state index is 0.0946. The molecular weight excluding hydrogens is 228 g/mol. The molecule has 0 bridgehead atoms. The van der Waals surface area contributed by atoms with Crippen LogP contribution in [0.2, 0.25) is 5.02 Å². The largest absolute Gasteiger partial charge is 0.324 e. The molecule has 1 aliphatic heterocycles. The third-order valence-corrected chi connectivity index (χ3v) is 2.89. The quantitative estimate of drug-likeness (QED) is 0.610. The molecule has 1 fully saturated rings. The molecule has 0 radical (unpaired) electrons. The Bertz CT molecular complexity index is 404. The molecule has 1 amide bonds. The van der Waals surface area contributed by atoms with Crippen LogP contribution in [0.4, 0.5) is 5.69 Å². The first-order valence-corrected chi connectivity index (χ1v) is 5.35. The predicted octanol–water partition coefficient (Wildman–Crippen LogP) is 0.568. The van der Waals surface area contributed by atoms with Gasteiger partial charge in [-0.05, 0) is 24.6 Å². The van der Waals surface area contributed by atoms with Crippen molar-refractivity contribution in [1.82, 2.24) is 16.4 Å². The molecule has 1 aromatic rings. The van der Waals surface area contributed by atoms with Crippen molar-refractivity contribution in [2.24, 2.45) is 0 Å². The average Bonchev–Trinajstić information content (AvgIpc) is 2.78. The molecule has 0 aromatic heterocycles. The molecule has 2 rings (SSSR count). The van der Waals surface area contributed by atoms with E-state index in [1.807, 2.05) is 19.1 Å². The highest BCUT2D eigenvalue weighted by Crippen LogP contribution is 2.22. The van der Waals surface area contributed by atoms with E-state index in [-0.39, 0.29) is 11.9 Å². The zero-order chi connectivity index (χ0) is 11.5. The van der Waals surface area contributed by atoms with E-state index in [0.29, 0.717) is 11.6 Å². The fraction of sp³-hybridized carbons (Fsp3) is 0.300. The van der Waals surface area contributed by atoms with Gasteiger partial charge in [0.2, 0.25) is 5.91 Å². The van der Waals surface area contributed by atoms with Crippen molar-refractivity contribution < 1.29 is 4.79 Å². The molecule has 1 heterocycles. The lowest BCUT2D eigenvalue weighted by Gasteiger charge is -2.12. The van der Waals surface area contributed by atoms with E-state index in [9.17, 15) is 4.79 Å². The molecule has 4 N–H and O–H groups in total. The molecule has 1 aromatic carbocycles. The molecule has 0 spiro atoms. The third kappa shape index (κ3) is 2.33. The molecule has 1 saturated heterocycles. The fourth-order valence-corrected chi connectivity index (χ4v) is 1.64. The number of carbonyl (C=O) groups is 1. The van der Waals surface area contributed by atoms with Gasteiger partial charge in [-0.15, -0.1) is 0 Å². The normalized spacial score (nSPS) is 19.8. The summed E-state index contributed by atoms with van der Waals surface area (Å²) in [5.74, 6) is -0.0946. The number of carbonyl (C=O) groups excluding carboxylic acids is 1. The summed E-state index contributed by atoms with van der Waals surface area (Å²) in [6.45, 7) is 2.42. The van der Waals surface area contributed by atoms with Crippen LogP contribution in [0.3, 0.4) is 0 Å². The number of hydrazine groups is 2.